The normalized spacial score (nSPS) is 11.4. The molecule has 1 amide bonds. The number of nitrogens with zero attached hydrogens (tertiary/aromatic N) is 2. The van der Waals surface area contributed by atoms with Crippen LogP contribution in [0.2, 0.25) is 0 Å². The molecular weight excluding hydrogens is 263 g/mol. The van der Waals surface area contributed by atoms with Gasteiger partial charge < -0.3 is 9.84 Å². The van der Waals surface area contributed by atoms with Crippen molar-refractivity contribution in [1.29, 1.82) is 0 Å². The Kier molecular flexibility index (Phi) is 3.24. The van der Waals surface area contributed by atoms with Crippen LogP contribution < -0.4 is 5.32 Å². The van der Waals surface area contributed by atoms with Crippen molar-refractivity contribution >= 4 is 11.7 Å². The molecule has 2 heterocycles. The summed E-state index contributed by atoms with van der Waals surface area (Å²) in [6.45, 7) is 1.54. The first-order valence-corrected chi connectivity index (χ1v) is 5.14. The number of alkyl halides is 3. The Balaban J connectivity index is 2.12. The molecule has 0 bridgehead atoms. The van der Waals surface area contributed by atoms with Crippen LogP contribution in [0.15, 0.2) is 29.0 Å². The van der Waals surface area contributed by atoms with Crippen molar-refractivity contribution in [3.8, 4) is 0 Å². The Morgan fingerprint density at radius 3 is 2.53 bits per heavy atom. The third-order valence-corrected chi connectivity index (χ3v) is 2.33. The molecular formula is C11H8F3N3O2. The van der Waals surface area contributed by atoms with Crippen LogP contribution >= 0.6 is 0 Å². The first kappa shape index (κ1) is 13.1. The molecule has 0 aliphatic heterocycles. The van der Waals surface area contributed by atoms with Crippen LogP contribution in [0, 0.1) is 6.92 Å². The van der Waals surface area contributed by atoms with Crippen molar-refractivity contribution < 1.29 is 22.5 Å². The molecule has 0 unspecified atom stereocenters. The van der Waals surface area contributed by atoms with Gasteiger partial charge >= 0.3 is 6.18 Å². The van der Waals surface area contributed by atoms with Gasteiger partial charge in [-0.3, -0.25) is 4.79 Å². The molecule has 0 spiro atoms. The highest BCUT2D eigenvalue weighted by Crippen LogP contribution is 2.28. The van der Waals surface area contributed by atoms with Gasteiger partial charge in [0.05, 0.1) is 11.8 Å². The lowest BCUT2D eigenvalue weighted by molar-refractivity contribution is -0.137. The number of halogens is 3. The topological polar surface area (TPSA) is 68.0 Å². The van der Waals surface area contributed by atoms with Crippen molar-refractivity contribution in [3.63, 3.8) is 0 Å². The average molecular weight is 271 g/mol. The smallest absolute Gasteiger partial charge is 0.361 e. The summed E-state index contributed by atoms with van der Waals surface area (Å²) < 4.78 is 41.6. The summed E-state index contributed by atoms with van der Waals surface area (Å²) in [5.41, 5.74) is -0.687. The summed E-state index contributed by atoms with van der Waals surface area (Å²) in [6.07, 6.45) is -2.59. The zero-order valence-corrected chi connectivity index (χ0v) is 9.65. The molecule has 8 heteroatoms. The predicted molar refractivity (Wildman–Crippen MR) is 58.4 cm³/mol. The minimum Gasteiger partial charge on any atom is -0.361 e. The van der Waals surface area contributed by atoms with Gasteiger partial charge in [-0.2, -0.15) is 13.2 Å². The van der Waals surface area contributed by atoms with E-state index >= 15 is 0 Å². The second-order valence-electron chi connectivity index (χ2n) is 3.68. The van der Waals surface area contributed by atoms with Gasteiger partial charge in [0.2, 0.25) is 0 Å². The number of hydrogen-bond donors (Lipinski definition) is 1. The van der Waals surface area contributed by atoms with Crippen LogP contribution in [0.25, 0.3) is 0 Å². The highest BCUT2D eigenvalue weighted by molar-refractivity contribution is 6.04. The number of hydrogen-bond acceptors (Lipinski definition) is 4. The summed E-state index contributed by atoms with van der Waals surface area (Å²) >= 11 is 0. The SMILES string of the molecule is Cc1oncc1C(=O)Nc1ccc(C(F)(F)F)cn1. The second kappa shape index (κ2) is 4.71. The number of anilines is 1. The number of aromatic nitrogens is 2. The zero-order chi connectivity index (χ0) is 14.0. The maximum Gasteiger partial charge on any atom is 0.417 e. The van der Waals surface area contributed by atoms with Crippen LogP contribution in [-0.2, 0) is 6.18 Å². The largest absolute Gasteiger partial charge is 0.417 e. The standard InChI is InChI=1S/C11H8F3N3O2/c1-6-8(5-16-19-6)10(18)17-9-3-2-7(4-15-9)11(12,13)14/h2-5H,1H3,(H,15,17,18). The van der Waals surface area contributed by atoms with Gasteiger partial charge in [0.25, 0.3) is 5.91 Å². The fraction of sp³-hybridized carbons (Fsp3) is 0.182. The van der Waals surface area contributed by atoms with Crippen LogP contribution in [-0.4, -0.2) is 16.0 Å². The molecule has 0 aliphatic carbocycles. The molecule has 0 saturated heterocycles. The lowest BCUT2D eigenvalue weighted by atomic mass is 10.2. The van der Waals surface area contributed by atoms with E-state index < -0.39 is 17.6 Å². The zero-order valence-electron chi connectivity index (χ0n) is 9.65. The summed E-state index contributed by atoms with van der Waals surface area (Å²) in [4.78, 5) is 15.2. The highest BCUT2D eigenvalue weighted by Gasteiger charge is 2.30. The third-order valence-electron chi connectivity index (χ3n) is 2.33. The number of nitrogens with one attached hydrogen (secondary N) is 1. The third kappa shape index (κ3) is 2.90. The number of rotatable bonds is 2. The first-order chi connectivity index (χ1) is 8.88. The van der Waals surface area contributed by atoms with E-state index in [0.29, 0.717) is 12.0 Å². The summed E-state index contributed by atoms with van der Waals surface area (Å²) in [6, 6.07) is 1.91. The van der Waals surface area contributed by atoms with Gasteiger partial charge in [-0.05, 0) is 19.1 Å². The molecule has 100 valence electrons. The summed E-state index contributed by atoms with van der Waals surface area (Å²) in [5, 5.41) is 5.77. The number of aryl methyl sites for hydroxylation is 1. The molecule has 0 saturated carbocycles. The molecule has 2 rings (SSSR count). The number of amides is 1. The van der Waals surface area contributed by atoms with Crippen molar-refractivity contribution in [2.45, 2.75) is 13.1 Å². The van der Waals surface area contributed by atoms with Crippen LogP contribution in [0.3, 0.4) is 0 Å². The maximum absolute atomic E-state index is 12.3. The van der Waals surface area contributed by atoms with Gasteiger partial charge in [-0.1, -0.05) is 5.16 Å². The molecule has 0 radical (unpaired) electrons. The second-order valence-corrected chi connectivity index (χ2v) is 3.68. The van der Waals surface area contributed by atoms with E-state index in [1.54, 1.807) is 6.92 Å². The Morgan fingerprint density at radius 1 is 1.32 bits per heavy atom. The van der Waals surface area contributed by atoms with Gasteiger partial charge in [0, 0.05) is 6.20 Å². The Bertz CT molecular complexity index is 590. The molecule has 2 aromatic heterocycles. The van der Waals surface area contributed by atoms with Crippen molar-refractivity contribution in [2.75, 3.05) is 5.32 Å². The Morgan fingerprint density at radius 2 is 2.05 bits per heavy atom. The summed E-state index contributed by atoms with van der Waals surface area (Å²) in [7, 11) is 0. The molecule has 0 fully saturated rings. The van der Waals surface area contributed by atoms with Gasteiger partial charge in [-0.15, -0.1) is 0 Å². The molecule has 0 aliphatic rings. The minimum atomic E-state index is -4.46. The van der Waals surface area contributed by atoms with E-state index in [9.17, 15) is 18.0 Å². The molecule has 1 N–H and O–H groups in total. The lowest BCUT2D eigenvalue weighted by Gasteiger charge is -2.07. The van der Waals surface area contributed by atoms with Crippen LogP contribution in [0.1, 0.15) is 21.7 Å². The van der Waals surface area contributed by atoms with E-state index in [1.807, 2.05) is 0 Å². The van der Waals surface area contributed by atoms with E-state index in [-0.39, 0.29) is 11.4 Å². The quantitative estimate of drug-likeness (QED) is 0.911. The molecule has 19 heavy (non-hydrogen) atoms. The van der Waals surface area contributed by atoms with Gasteiger partial charge in [-0.25, -0.2) is 4.98 Å². The fourth-order valence-corrected chi connectivity index (χ4v) is 1.34. The van der Waals surface area contributed by atoms with Crippen molar-refractivity contribution in [1.82, 2.24) is 10.1 Å². The maximum atomic E-state index is 12.3. The Labute approximate surface area is 105 Å². The monoisotopic (exact) mass is 271 g/mol. The average Bonchev–Trinajstić information content (AvgIpc) is 2.75. The van der Waals surface area contributed by atoms with Crippen molar-refractivity contribution in [2.24, 2.45) is 0 Å². The molecule has 0 aromatic carbocycles. The van der Waals surface area contributed by atoms with Crippen LogP contribution in [0.4, 0.5) is 19.0 Å². The van der Waals surface area contributed by atoms with Gasteiger partial charge in [0.15, 0.2) is 0 Å². The summed E-state index contributed by atoms with van der Waals surface area (Å²) in [5.74, 6) is -0.228. The minimum absolute atomic E-state index is 0.0126. The predicted octanol–water partition coefficient (Wildman–Crippen LogP) is 2.65. The highest BCUT2D eigenvalue weighted by atomic mass is 19.4. The Hall–Kier alpha value is -2.38. The van der Waals surface area contributed by atoms with E-state index in [0.717, 1.165) is 12.1 Å². The van der Waals surface area contributed by atoms with Crippen LogP contribution in [0.5, 0.6) is 0 Å². The fourth-order valence-electron chi connectivity index (χ4n) is 1.34. The van der Waals surface area contributed by atoms with Crippen molar-refractivity contribution in [3.05, 3.63) is 41.4 Å². The molecule has 5 nitrogen and oxygen atoms in total. The first-order valence-electron chi connectivity index (χ1n) is 5.14. The number of pyridine rings is 1. The van der Waals surface area contributed by atoms with E-state index in [4.69, 9.17) is 4.52 Å². The lowest BCUT2D eigenvalue weighted by Crippen LogP contribution is -2.14. The van der Waals surface area contributed by atoms with Gasteiger partial charge in [0.1, 0.15) is 17.1 Å². The molecule has 0 atom stereocenters. The molecule has 2 aromatic rings. The number of carbonyl (C=O) groups excluding carboxylic acids is 1. The number of carbonyl (C=O) groups is 1. The van der Waals surface area contributed by atoms with E-state index in [2.05, 4.69) is 15.5 Å². The van der Waals surface area contributed by atoms with E-state index in [1.165, 1.54) is 6.20 Å².